The highest BCUT2D eigenvalue weighted by atomic mass is 35.5. The van der Waals surface area contributed by atoms with Crippen LogP contribution in [-0.2, 0) is 6.18 Å². The normalized spacial score (nSPS) is 11.9. The third-order valence-electron chi connectivity index (χ3n) is 3.33. The molecule has 7 heteroatoms. The third kappa shape index (κ3) is 2.94. The predicted octanol–water partition coefficient (Wildman–Crippen LogP) is 5.30. The summed E-state index contributed by atoms with van der Waals surface area (Å²) in [5, 5.41) is 0.801. The number of pyridine rings is 1. The van der Waals surface area contributed by atoms with Crippen LogP contribution in [0.15, 0.2) is 42.5 Å². The highest BCUT2D eigenvalue weighted by molar-refractivity contribution is 6.35. The molecule has 0 unspecified atom stereocenters. The molecule has 3 rings (SSSR count). The molecule has 0 fully saturated rings. The number of rotatable bonds is 1. The minimum absolute atomic E-state index is 0.0176. The Labute approximate surface area is 133 Å². The van der Waals surface area contributed by atoms with Gasteiger partial charge in [0.25, 0.3) is 0 Å². The number of nitrogens with zero attached hydrogens (tertiary/aromatic N) is 1. The van der Waals surface area contributed by atoms with E-state index < -0.39 is 17.6 Å². The SMILES string of the molecule is Nc1cc(Cl)c2nc(-c3cc(F)ccc3C(F)(F)F)ccc2c1. The van der Waals surface area contributed by atoms with Crippen LogP contribution in [0.25, 0.3) is 22.2 Å². The van der Waals surface area contributed by atoms with E-state index in [2.05, 4.69) is 4.98 Å². The molecular weight excluding hydrogens is 332 g/mol. The standard InChI is InChI=1S/C16H9ClF4N2/c17-13-7-10(22)5-8-1-4-14(23-15(8)13)11-6-9(18)2-3-12(11)16(19,20)21/h1-7H,22H2. The second-order valence-electron chi connectivity index (χ2n) is 4.96. The Bertz CT molecular complexity index is 906. The van der Waals surface area contributed by atoms with E-state index in [-0.39, 0.29) is 16.3 Å². The molecule has 1 aromatic heterocycles. The molecule has 23 heavy (non-hydrogen) atoms. The summed E-state index contributed by atoms with van der Waals surface area (Å²) < 4.78 is 52.8. The molecule has 2 aromatic carbocycles. The van der Waals surface area contributed by atoms with Crippen LogP contribution in [-0.4, -0.2) is 4.98 Å². The van der Waals surface area contributed by atoms with Gasteiger partial charge in [0.15, 0.2) is 0 Å². The van der Waals surface area contributed by atoms with Gasteiger partial charge < -0.3 is 5.73 Å². The van der Waals surface area contributed by atoms with Gasteiger partial charge in [-0.3, -0.25) is 0 Å². The van der Waals surface area contributed by atoms with Crippen LogP contribution in [0, 0.1) is 5.82 Å². The molecule has 0 atom stereocenters. The quantitative estimate of drug-likeness (QED) is 0.482. The van der Waals surface area contributed by atoms with Crippen molar-refractivity contribution in [3.8, 4) is 11.3 Å². The number of fused-ring (bicyclic) bond motifs is 1. The van der Waals surface area contributed by atoms with Gasteiger partial charge in [0.05, 0.1) is 21.8 Å². The van der Waals surface area contributed by atoms with E-state index in [1.165, 1.54) is 12.1 Å². The van der Waals surface area contributed by atoms with E-state index >= 15 is 0 Å². The van der Waals surface area contributed by atoms with Crippen molar-refractivity contribution in [2.24, 2.45) is 0 Å². The van der Waals surface area contributed by atoms with E-state index in [4.69, 9.17) is 17.3 Å². The molecule has 0 saturated carbocycles. The molecule has 0 bridgehead atoms. The summed E-state index contributed by atoms with van der Waals surface area (Å²) in [5.74, 6) is -0.779. The first-order valence-electron chi connectivity index (χ1n) is 6.48. The zero-order chi connectivity index (χ0) is 16.8. The number of anilines is 1. The van der Waals surface area contributed by atoms with Gasteiger partial charge in [-0.1, -0.05) is 17.7 Å². The van der Waals surface area contributed by atoms with E-state index in [0.29, 0.717) is 22.7 Å². The molecule has 0 aliphatic heterocycles. The fourth-order valence-corrected chi connectivity index (χ4v) is 2.62. The van der Waals surface area contributed by atoms with Crippen molar-refractivity contribution < 1.29 is 17.6 Å². The van der Waals surface area contributed by atoms with Gasteiger partial charge in [0.1, 0.15) is 5.82 Å². The van der Waals surface area contributed by atoms with Gasteiger partial charge in [-0.15, -0.1) is 0 Å². The number of nitrogens with two attached hydrogens (primary N) is 1. The molecule has 118 valence electrons. The van der Waals surface area contributed by atoms with Crippen molar-refractivity contribution in [3.63, 3.8) is 0 Å². The Kier molecular flexibility index (Phi) is 3.64. The summed E-state index contributed by atoms with van der Waals surface area (Å²) in [4.78, 5) is 4.15. The fraction of sp³-hybridized carbons (Fsp3) is 0.0625. The maximum absolute atomic E-state index is 13.4. The lowest BCUT2D eigenvalue weighted by atomic mass is 10.0. The second-order valence-corrected chi connectivity index (χ2v) is 5.37. The van der Waals surface area contributed by atoms with Crippen molar-refractivity contribution in [1.29, 1.82) is 0 Å². The van der Waals surface area contributed by atoms with Gasteiger partial charge in [-0.25, -0.2) is 9.37 Å². The summed E-state index contributed by atoms with van der Waals surface area (Å²) in [7, 11) is 0. The average Bonchev–Trinajstić information content (AvgIpc) is 2.45. The summed E-state index contributed by atoms with van der Waals surface area (Å²) >= 11 is 6.04. The first-order chi connectivity index (χ1) is 10.8. The number of benzene rings is 2. The average molecular weight is 341 g/mol. The summed E-state index contributed by atoms with van der Waals surface area (Å²) in [6, 6.07) is 8.25. The van der Waals surface area contributed by atoms with Crippen LogP contribution in [0.2, 0.25) is 5.02 Å². The molecule has 0 radical (unpaired) electrons. The van der Waals surface area contributed by atoms with Crippen molar-refractivity contribution in [2.45, 2.75) is 6.18 Å². The highest BCUT2D eigenvalue weighted by Crippen LogP contribution is 2.38. The molecule has 3 aromatic rings. The first-order valence-corrected chi connectivity index (χ1v) is 6.86. The lowest BCUT2D eigenvalue weighted by Gasteiger charge is -2.13. The van der Waals surface area contributed by atoms with Gasteiger partial charge >= 0.3 is 6.18 Å². The zero-order valence-electron chi connectivity index (χ0n) is 11.5. The number of hydrogen-bond acceptors (Lipinski definition) is 2. The van der Waals surface area contributed by atoms with Gasteiger partial charge in [0.2, 0.25) is 0 Å². The fourth-order valence-electron chi connectivity index (χ4n) is 2.34. The summed E-state index contributed by atoms with van der Waals surface area (Å²) in [6.07, 6.45) is -4.62. The Hall–Kier alpha value is -2.34. The number of nitrogen functional groups attached to an aromatic ring is 1. The monoisotopic (exact) mass is 340 g/mol. The Morgan fingerprint density at radius 1 is 1.00 bits per heavy atom. The van der Waals surface area contributed by atoms with E-state index in [9.17, 15) is 17.6 Å². The maximum Gasteiger partial charge on any atom is 0.417 e. The minimum Gasteiger partial charge on any atom is -0.399 e. The van der Waals surface area contributed by atoms with Crippen LogP contribution in [0.1, 0.15) is 5.56 Å². The smallest absolute Gasteiger partial charge is 0.399 e. The highest BCUT2D eigenvalue weighted by Gasteiger charge is 2.34. The van der Waals surface area contributed by atoms with Crippen LogP contribution >= 0.6 is 11.6 Å². The molecule has 0 aliphatic rings. The molecule has 2 nitrogen and oxygen atoms in total. The van der Waals surface area contributed by atoms with E-state index in [1.54, 1.807) is 12.1 Å². The van der Waals surface area contributed by atoms with Gasteiger partial charge in [-0.2, -0.15) is 13.2 Å². The van der Waals surface area contributed by atoms with Crippen LogP contribution < -0.4 is 5.73 Å². The topological polar surface area (TPSA) is 38.9 Å². The first kappa shape index (κ1) is 15.6. The lowest BCUT2D eigenvalue weighted by Crippen LogP contribution is -2.08. The van der Waals surface area contributed by atoms with Crippen LogP contribution in [0.3, 0.4) is 0 Å². The largest absolute Gasteiger partial charge is 0.417 e. The van der Waals surface area contributed by atoms with Crippen molar-refractivity contribution in [2.75, 3.05) is 5.73 Å². The maximum atomic E-state index is 13.4. The molecule has 0 amide bonds. The van der Waals surface area contributed by atoms with E-state index in [1.807, 2.05) is 0 Å². The summed E-state index contributed by atoms with van der Waals surface area (Å²) in [6.45, 7) is 0. The molecule has 0 saturated heterocycles. The third-order valence-corrected chi connectivity index (χ3v) is 3.62. The Morgan fingerprint density at radius 2 is 1.74 bits per heavy atom. The number of aromatic nitrogens is 1. The molecule has 2 N–H and O–H groups in total. The second kappa shape index (κ2) is 5.38. The summed E-state index contributed by atoms with van der Waals surface area (Å²) in [5.41, 5.74) is 5.06. The van der Waals surface area contributed by atoms with Crippen LogP contribution in [0.5, 0.6) is 0 Å². The number of halogens is 5. The zero-order valence-corrected chi connectivity index (χ0v) is 12.2. The molecule has 0 aliphatic carbocycles. The van der Waals surface area contributed by atoms with E-state index in [0.717, 1.165) is 12.1 Å². The van der Waals surface area contributed by atoms with Crippen molar-refractivity contribution in [1.82, 2.24) is 4.98 Å². The van der Waals surface area contributed by atoms with Gasteiger partial charge in [0, 0.05) is 16.6 Å². The van der Waals surface area contributed by atoms with Crippen molar-refractivity contribution >= 4 is 28.2 Å². The number of hydrogen-bond donors (Lipinski definition) is 1. The van der Waals surface area contributed by atoms with Gasteiger partial charge in [-0.05, 0) is 36.4 Å². The molecular formula is C16H9ClF4N2. The minimum atomic E-state index is -4.62. The lowest BCUT2D eigenvalue weighted by molar-refractivity contribution is -0.137. The van der Waals surface area contributed by atoms with Crippen LogP contribution in [0.4, 0.5) is 23.2 Å². The molecule has 0 spiro atoms. The van der Waals surface area contributed by atoms with Crippen molar-refractivity contribution in [3.05, 3.63) is 58.9 Å². The molecule has 1 heterocycles. The number of alkyl halides is 3. The Morgan fingerprint density at radius 3 is 2.43 bits per heavy atom. The Balaban J connectivity index is 2.27. The predicted molar refractivity (Wildman–Crippen MR) is 81.6 cm³/mol.